The second-order valence-electron chi connectivity index (χ2n) is 6.73. The summed E-state index contributed by atoms with van der Waals surface area (Å²) in [7, 11) is 1.50. The fourth-order valence-electron chi connectivity index (χ4n) is 3.51. The Labute approximate surface area is 183 Å². The molecule has 2 aromatic heterocycles. The van der Waals surface area contributed by atoms with E-state index >= 15 is 0 Å². The molecule has 1 aliphatic rings. The van der Waals surface area contributed by atoms with Crippen LogP contribution in [-0.2, 0) is 0 Å². The molecule has 0 unspecified atom stereocenters. The van der Waals surface area contributed by atoms with Crippen LogP contribution in [0, 0.1) is 5.92 Å². The van der Waals surface area contributed by atoms with E-state index in [2.05, 4.69) is 16.0 Å². The van der Waals surface area contributed by atoms with Crippen molar-refractivity contribution in [1.29, 1.82) is 0 Å². The van der Waals surface area contributed by atoms with Gasteiger partial charge in [0.15, 0.2) is 6.29 Å². The Morgan fingerprint density at radius 3 is 2.59 bits per heavy atom. The summed E-state index contributed by atoms with van der Waals surface area (Å²) in [5.74, 6) is 1.19. The van der Waals surface area contributed by atoms with Crippen molar-refractivity contribution in [3.05, 3.63) is 33.1 Å². The molecule has 2 heterocycles. The van der Waals surface area contributed by atoms with E-state index in [1.807, 2.05) is 6.07 Å². The normalized spacial score (nSPS) is 13.9. The van der Waals surface area contributed by atoms with Crippen molar-refractivity contribution < 1.29 is 4.79 Å². The van der Waals surface area contributed by atoms with E-state index in [-0.39, 0.29) is 0 Å². The van der Waals surface area contributed by atoms with Gasteiger partial charge in [0, 0.05) is 12.1 Å². The lowest BCUT2D eigenvalue weighted by Crippen LogP contribution is -2.13. The molecule has 1 fully saturated rings. The first-order valence-electron chi connectivity index (χ1n) is 9.39. The molecule has 29 heavy (non-hydrogen) atoms. The number of nitrogens with zero attached hydrogens (tertiary/aromatic N) is 2. The number of halogens is 2. The summed E-state index contributed by atoms with van der Waals surface area (Å²) < 4.78 is 0. The maximum Gasteiger partial charge on any atom is 0.224 e. The number of hydrogen-bond acceptors (Lipinski definition) is 7. The summed E-state index contributed by atoms with van der Waals surface area (Å²) in [6, 6.07) is 5.32. The van der Waals surface area contributed by atoms with Crippen LogP contribution in [0.25, 0.3) is 21.5 Å². The molecule has 1 saturated carbocycles. The first-order chi connectivity index (χ1) is 14.1. The van der Waals surface area contributed by atoms with Crippen LogP contribution in [0.15, 0.2) is 18.2 Å². The molecule has 0 radical (unpaired) electrons. The first-order valence-corrected chi connectivity index (χ1v) is 11.0. The van der Waals surface area contributed by atoms with Gasteiger partial charge in [0.05, 0.1) is 31.7 Å². The number of hydrogen-bond donors (Lipinski definition) is 3. The van der Waals surface area contributed by atoms with Gasteiger partial charge in [0.25, 0.3) is 0 Å². The van der Waals surface area contributed by atoms with Crippen LogP contribution in [0.3, 0.4) is 0 Å². The fraction of sp³-hybridized carbons (Fsp3) is 0.350. The van der Waals surface area contributed by atoms with E-state index in [9.17, 15) is 4.79 Å². The SMILES string of the molecule is CN.Nc1c(C=O)sc2nc(NCC3CCCC3)nc(-c3ccc(Cl)c(Cl)c3)c12. The zero-order chi connectivity index (χ0) is 21.0. The van der Waals surface area contributed by atoms with Gasteiger partial charge in [0.2, 0.25) is 5.95 Å². The Morgan fingerprint density at radius 1 is 1.21 bits per heavy atom. The Balaban J connectivity index is 0.00000117. The summed E-state index contributed by atoms with van der Waals surface area (Å²) in [4.78, 5) is 21.8. The molecule has 154 valence electrons. The highest BCUT2D eigenvalue weighted by atomic mass is 35.5. The largest absolute Gasteiger partial charge is 0.397 e. The third-order valence-electron chi connectivity index (χ3n) is 4.94. The summed E-state index contributed by atoms with van der Waals surface area (Å²) in [5.41, 5.74) is 12.5. The van der Waals surface area contributed by atoms with E-state index in [1.54, 1.807) is 12.1 Å². The Bertz CT molecular complexity index is 1020. The van der Waals surface area contributed by atoms with E-state index in [0.717, 1.165) is 18.4 Å². The number of fused-ring (bicyclic) bond motifs is 1. The predicted octanol–water partition coefficient (Wildman–Crippen LogP) is 5.24. The molecular formula is C20H23Cl2N5OS. The van der Waals surface area contributed by atoms with Crippen LogP contribution >= 0.6 is 34.5 Å². The summed E-state index contributed by atoms with van der Waals surface area (Å²) in [5, 5.41) is 4.94. The number of thiophene rings is 1. The van der Waals surface area contributed by atoms with Crippen molar-refractivity contribution in [1.82, 2.24) is 9.97 Å². The predicted molar refractivity (Wildman–Crippen MR) is 123 cm³/mol. The standard InChI is InChI=1S/C19H18Cl2N4OS.CH5N/c20-12-6-5-11(7-13(12)21)17-15-16(22)14(9-26)27-18(15)25-19(24-17)23-8-10-3-1-2-4-10;1-2/h5-7,9-10H,1-4,8,22H2,(H,23,24,25);2H2,1H3. The molecule has 5 N–H and O–H groups in total. The number of nitrogen functional groups attached to an aromatic ring is 1. The minimum absolute atomic E-state index is 0.397. The van der Waals surface area contributed by atoms with E-state index in [0.29, 0.717) is 48.4 Å². The number of rotatable bonds is 5. The number of benzene rings is 1. The molecule has 1 aromatic carbocycles. The van der Waals surface area contributed by atoms with E-state index < -0.39 is 0 Å². The van der Waals surface area contributed by atoms with Gasteiger partial charge in [-0.3, -0.25) is 4.79 Å². The van der Waals surface area contributed by atoms with Crippen LogP contribution in [0.2, 0.25) is 10.0 Å². The number of carbonyl (C=O) groups excluding carboxylic acids is 1. The van der Waals surface area contributed by atoms with Crippen molar-refractivity contribution in [3.8, 4) is 11.3 Å². The average molecular weight is 452 g/mol. The molecule has 0 amide bonds. The van der Waals surface area contributed by atoms with Crippen LogP contribution in [0.4, 0.5) is 11.6 Å². The smallest absolute Gasteiger partial charge is 0.224 e. The molecule has 1 aliphatic carbocycles. The van der Waals surface area contributed by atoms with E-state index in [4.69, 9.17) is 33.9 Å². The van der Waals surface area contributed by atoms with Crippen molar-refractivity contribution >= 4 is 62.7 Å². The van der Waals surface area contributed by atoms with Gasteiger partial charge in [-0.05, 0) is 37.9 Å². The lowest BCUT2D eigenvalue weighted by molar-refractivity contribution is 0.112. The van der Waals surface area contributed by atoms with Crippen LogP contribution in [0.5, 0.6) is 0 Å². The van der Waals surface area contributed by atoms with Crippen molar-refractivity contribution in [2.75, 3.05) is 24.6 Å². The first kappa shape index (κ1) is 21.8. The van der Waals surface area contributed by atoms with Crippen LogP contribution in [0.1, 0.15) is 35.4 Å². The van der Waals surface area contributed by atoms with Crippen molar-refractivity contribution in [2.24, 2.45) is 11.7 Å². The average Bonchev–Trinajstić information content (AvgIpc) is 3.37. The van der Waals surface area contributed by atoms with E-state index in [1.165, 1.54) is 44.1 Å². The number of nitrogens with two attached hydrogens (primary N) is 2. The Kier molecular flexibility index (Phi) is 7.29. The maximum atomic E-state index is 11.4. The van der Waals surface area contributed by atoms with Gasteiger partial charge in [-0.25, -0.2) is 9.97 Å². The lowest BCUT2D eigenvalue weighted by atomic mass is 10.1. The number of carbonyl (C=O) groups is 1. The fourth-order valence-corrected chi connectivity index (χ4v) is 4.72. The molecule has 0 spiro atoms. The molecule has 0 saturated heterocycles. The van der Waals surface area contributed by atoms with Gasteiger partial charge < -0.3 is 16.8 Å². The topological polar surface area (TPSA) is 107 Å². The number of anilines is 2. The minimum Gasteiger partial charge on any atom is -0.397 e. The second kappa shape index (κ2) is 9.71. The molecule has 3 aromatic rings. The summed E-state index contributed by atoms with van der Waals surface area (Å²) in [6.45, 7) is 0.841. The monoisotopic (exact) mass is 451 g/mol. The third-order valence-corrected chi connectivity index (χ3v) is 6.70. The molecule has 6 nitrogen and oxygen atoms in total. The van der Waals surface area contributed by atoms with Crippen LogP contribution in [-0.4, -0.2) is 29.8 Å². The molecule has 0 aliphatic heterocycles. The van der Waals surface area contributed by atoms with Crippen molar-refractivity contribution in [2.45, 2.75) is 25.7 Å². The molecule has 4 rings (SSSR count). The van der Waals surface area contributed by atoms with Gasteiger partial charge in [-0.15, -0.1) is 11.3 Å². The quantitative estimate of drug-likeness (QED) is 0.457. The molecule has 9 heteroatoms. The number of aldehydes is 1. The second-order valence-corrected chi connectivity index (χ2v) is 8.58. The molecular weight excluding hydrogens is 429 g/mol. The third kappa shape index (κ3) is 4.64. The highest BCUT2D eigenvalue weighted by Crippen LogP contribution is 2.39. The number of aromatic nitrogens is 2. The van der Waals surface area contributed by atoms with Gasteiger partial charge in [-0.2, -0.15) is 0 Å². The van der Waals surface area contributed by atoms with Crippen LogP contribution < -0.4 is 16.8 Å². The summed E-state index contributed by atoms with van der Waals surface area (Å²) in [6.07, 6.45) is 5.79. The van der Waals surface area contributed by atoms with Crippen molar-refractivity contribution in [3.63, 3.8) is 0 Å². The van der Waals surface area contributed by atoms with Gasteiger partial charge >= 0.3 is 0 Å². The van der Waals surface area contributed by atoms with Gasteiger partial charge in [-0.1, -0.05) is 42.1 Å². The number of nitrogens with one attached hydrogen (secondary N) is 1. The Hall–Kier alpha value is -1.93. The molecule has 0 atom stereocenters. The minimum atomic E-state index is 0.397. The maximum absolute atomic E-state index is 11.4. The zero-order valence-electron chi connectivity index (χ0n) is 16.0. The summed E-state index contributed by atoms with van der Waals surface area (Å²) >= 11 is 13.5. The highest BCUT2D eigenvalue weighted by Gasteiger charge is 2.20. The molecule has 0 bridgehead atoms. The van der Waals surface area contributed by atoms with Gasteiger partial charge in [0.1, 0.15) is 4.83 Å². The lowest BCUT2D eigenvalue weighted by Gasteiger charge is -2.12. The Morgan fingerprint density at radius 2 is 1.93 bits per heavy atom. The zero-order valence-corrected chi connectivity index (χ0v) is 18.4. The highest BCUT2D eigenvalue weighted by molar-refractivity contribution is 7.21.